The van der Waals surface area contributed by atoms with Crippen LogP contribution in [0, 0.1) is 0 Å². The fourth-order valence-electron chi connectivity index (χ4n) is 4.68. The van der Waals surface area contributed by atoms with E-state index in [0.717, 1.165) is 54.2 Å². The predicted octanol–water partition coefficient (Wildman–Crippen LogP) is 2.01. The average molecular weight is 322 g/mol. The number of nitrogens with one attached hydrogen (secondary N) is 3. The Labute approximate surface area is 137 Å². The van der Waals surface area contributed by atoms with Crippen LogP contribution in [0.15, 0.2) is 24.8 Å². The van der Waals surface area contributed by atoms with E-state index in [9.17, 15) is 4.79 Å². The quantitative estimate of drug-likeness (QED) is 0.689. The summed E-state index contributed by atoms with van der Waals surface area (Å²) in [6.45, 7) is 0. The van der Waals surface area contributed by atoms with Crippen LogP contribution in [-0.4, -0.2) is 37.1 Å². The second kappa shape index (κ2) is 3.91. The minimum absolute atomic E-state index is 0.00138. The molecule has 2 amide bonds. The van der Waals surface area contributed by atoms with Gasteiger partial charge in [-0.2, -0.15) is 0 Å². The fraction of sp³-hybridized carbons (Fsp3) is 0.471. The molecule has 3 aromatic rings. The van der Waals surface area contributed by atoms with Crippen LogP contribution < -0.4 is 10.6 Å². The van der Waals surface area contributed by atoms with Crippen molar-refractivity contribution in [2.24, 2.45) is 0 Å². The van der Waals surface area contributed by atoms with Gasteiger partial charge in [0.2, 0.25) is 0 Å². The highest BCUT2D eigenvalue weighted by Crippen LogP contribution is 2.65. The second-order valence-electron chi connectivity index (χ2n) is 7.75. The summed E-state index contributed by atoms with van der Waals surface area (Å²) >= 11 is 0. The Morgan fingerprint density at radius 1 is 1.29 bits per heavy atom. The smallest absolute Gasteiger partial charge is 0.315 e. The lowest BCUT2D eigenvalue weighted by Crippen LogP contribution is -2.79. The minimum atomic E-state index is -0.0140. The topological polar surface area (TPSA) is 87.6 Å². The fourth-order valence-corrected chi connectivity index (χ4v) is 4.68. The Kier molecular flexibility index (Phi) is 2.08. The van der Waals surface area contributed by atoms with Crippen molar-refractivity contribution in [1.29, 1.82) is 0 Å². The van der Waals surface area contributed by atoms with Gasteiger partial charge in [-0.25, -0.2) is 14.8 Å². The molecule has 7 nitrogen and oxygen atoms in total. The third-order valence-electron chi connectivity index (χ3n) is 5.90. The third kappa shape index (κ3) is 1.54. The van der Waals surface area contributed by atoms with Gasteiger partial charge in [0, 0.05) is 23.2 Å². The first-order chi connectivity index (χ1) is 11.7. The van der Waals surface area contributed by atoms with Gasteiger partial charge in [0.25, 0.3) is 0 Å². The van der Waals surface area contributed by atoms with Crippen molar-refractivity contribution in [1.82, 2.24) is 30.2 Å². The monoisotopic (exact) mass is 322 g/mol. The molecule has 0 aliphatic heterocycles. The lowest BCUT2D eigenvalue weighted by Gasteiger charge is -2.70. The van der Waals surface area contributed by atoms with E-state index in [-0.39, 0.29) is 17.1 Å². The highest BCUT2D eigenvalue weighted by atomic mass is 16.2. The highest BCUT2D eigenvalue weighted by Gasteiger charge is 2.70. The van der Waals surface area contributed by atoms with Crippen molar-refractivity contribution in [2.45, 2.75) is 49.2 Å². The SMILES string of the molecule is O=C(NC1CC1)NC12CC(n3cnc4cnc5[nH]ccc5c43)(C1)C2. The Hall–Kier alpha value is -2.57. The van der Waals surface area contributed by atoms with Crippen molar-refractivity contribution >= 4 is 28.1 Å². The summed E-state index contributed by atoms with van der Waals surface area (Å²) < 4.78 is 2.31. The van der Waals surface area contributed by atoms with E-state index in [2.05, 4.69) is 36.2 Å². The normalized spacial score (nSPS) is 30.8. The first-order valence-corrected chi connectivity index (χ1v) is 8.55. The van der Waals surface area contributed by atoms with Crippen LogP contribution in [0.5, 0.6) is 0 Å². The van der Waals surface area contributed by atoms with E-state index >= 15 is 0 Å². The number of urea groups is 1. The molecule has 3 heterocycles. The van der Waals surface area contributed by atoms with E-state index in [4.69, 9.17) is 0 Å². The number of carbonyl (C=O) groups excluding carboxylic acids is 1. The van der Waals surface area contributed by atoms with Crippen LogP contribution in [-0.2, 0) is 5.54 Å². The number of fused-ring (bicyclic) bond motifs is 3. The Balaban J connectivity index is 1.30. The molecule has 0 aromatic carbocycles. The number of aromatic nitrogens is 4. The van der Waals surface area contributed by atoms with E-state index < -0.39 is 0 Å². The molecule has 7 heteroatoms. The number of H-pyrrole nitrogens is 1. The molecule has 0 atom stereocenters. The van der Waals surface area contributed by atoms with Crippen molar-refractivity contribution in [2.75, 3.05) is 0 Å². The maximum Gasteiger partial charge on any atom is 0.315 e. The van der Waals surface area contributed by atoms with Gasteiger partial charge in [-0.05, 0) is 38.2 Å². The van der Waals surface area contributed by atoms with Crippen LogP contribution in [0.1, 0.15) is 32.1 Å². The summed E-state index contributed by atoms with van der Waals surface area (Å²) in [5, 5.41) is 7.33. The summed E-state index contributed by atoms with van der Waals surface area (Å²) in [7, 11) is 0. The molecule has 3 N–H and O–H groups in total. The summed E-state index contributed by atoms with van der Waals surface area (Å²) in [4.78, 5) is 24.1. The predicted molar refractivity (Wildman–Crippen MR) is 88.6 cm³/mol. The summed E-state index contributed by atoms with van der Waals surface area (Å²) in [6, 6.07) is 2.46. The third-order valence-corrected chi connectivity index (χ3v) is 5.90. The number of aromatic amines is 1. The molecule has 4 aliphatic carbocycles. The van der Waals surface area contributed by atoms with Crippen LogP contribution >= 0.6 is 0 Å². The molecule has 7 rings (SSSR count). The van der Waals surface area contributed by atoms with Gasteiger partial charge in [0.1, 0.15) is 11.2 Å². The number of hydrogen-bond acceptors (Lipinski definition) is 3. The summed E-state index contributed by atoms with van der Waals surface area (Å²) in [5.41, 5.74) is 3.07. The van der Waals surface area contributed by atoms with Gasteiger partial charge in [-0.1, -0.05) is 0 Å². The van der Waals surface area contributed by atoms with Crippen LogP contribution in [0.3, 0.4) is 0 Å². The number of rotatable bonds is 3. The number of hydrogen-bond donors (Lipinski definition) is 3. The van der Waals surface area contributed by atoms with E-state index in [0.29, 0.717) is 6.04 Å². The Bertz CT molecular complexity index is 977. The molecule has 0 unspecified atom stereocenters. The largest absolute Gasteiger partial charge is 0.346 e. The molecule has 24 heavy (non-hydrogen) atoms. The molecule has 122 valence electrons. The molecule has 0 spiro atoms. The number of nitrogens with zero attached hydrogens (tertiary/aromatic N) is 3. The van der Waals surface area contributed by atoms with Crippen LogP contribution in [0.2, 0.25) is 0 Å². The molecule has 2 bridgehead atoms. The van der Waals surface area contributed by atoms with E-state index in [1.165, 1.54) is 0 Å². The second-order valence-corrected chi connectivity index (χ2v) is 7.75. The van der Waals surface area contributed by atoms with Gasteiger partial charge >= 0.3 is 6.03 Å². The van der Waals surface area contributed by atoms with Crippen LogP contribution in [0.25, 0.3) is 22.1 Å². The first kappa shape index (κ1) is 12.8. The Morgan fingerprint density at radius 3 is 2.92 bits per heavy atom. The lowest BCUT2D eigenvalue weighted by atomic mass is 9.44. The number of pyridine rings is 1. The molecule has 0 radical (unpaired) electrons. The molecule has 4 fully saturated rings. The Morgan fingerprint density at radius 2 is 2.12 bits per heavy atom. The molecule has 4 aliphatic rings. The van der Waals surface area contributed by atoms with Gasteiger partial charge < -0.3 is 20.2 Å². The van der Waals surface area contributed by atoms with Gasteiger partial charge in [-0.3, -0.25) is 0 Å². The zero-order valence-corrected chi connectivity index (χ0v) is 13.2. The zero-order valence-electron chi connectivity index (χ0n) is 13.2. The highest BCUT2D eigenvalue weighted by molar-refractivity contribution is 6.01. The first-order valence-electron chi connectivity index (χ1n) is 8.55. The molecule has 0 saturated heterocycles. The number of carbonyl (C=O) groups is 1. The molecule has 3 aromatic heterocycles. The molecular formula is C17H18N6O. The van der Waals surface area contributed by atoms with E-state index in [1.807, 2.05) is 18.7 Å². The van der Waals surface area contributed by atoms with E-state index in [1.54, 1.807) is 0 Å². The number of amides is 2. The zero-order chi connectivity index (χ0) is 15.9. The average Bonchev–Trinajstić information content (AvgIpc) is 3.01. The summed E-state index contributed by atoms with van der Waals surface area (Å²) in [5.74, 6) is 0. The van der Waals surface area contributed by atoms with Crippen molar-refractivity contribution in [3.05, 3.63) is 24.8 Å². The van der Waals surface area contributed by atoms with Crippen molar-refractivity contribution in [3.8, 4) is 0 Å². The van der Waals surface area contributed by atoms with Gasteiger partial charge in [0.15, 0.2) is 0 Å². The maximum absolute atomic E-state index is 12.0. The maximum atomic E-state index is 12.0. The lowest BCUT2D eigenvalue weighted by molar-refractivity contribution is -0.128. The van der Waals surface area contributed by atoms with Gasteiger partial charge in [0.05, 0.1) is 23.6 Å². The number of imidazole rings is 1. The van der Waals surface area contributed by atoms with Crippen LogP contribution in [0.4, 0.5) is 4.79 Å². The molecular weight excluding hydrogens is 304 g/mol. The molecule has 4 saturated carbocycles. The van der Waals surface area contributed by atoms with Gasteiger partial charge in [-0.15, -0.1) is 0 Å². The van der Waals surface area contributed by atoms with Crippen molar-refractivity contribution < 1.29 is 4.79 Å². The standard InChI is InChI=1S/C17H18N6O/c24-15(21-10-1-2-10)22-16-6-17(7-16,8-16)23-9-20-12-5-19-14-11(13(12)23)3-4-18-14/h3-5,9-10H,1-2,6-8H2,(H,18,19)(H2,21,22,24). The summed E-state index contributed by atoms with van der Waals surface area (Å²) in [6.07, 6.45) is 10.9. The van der Waals surface area contributed by atoms with Crippen molar-refractivity contribution in [3.63, 3.8) is 0 Å². The minimum Gasteiger partial charge on any atom is -0.346 e.